The molecule has 2 rings (SSSR count). The minimum absolute atomic E-state index is 0.170. The lowest BCUT2D eigenvalue weighted by Gasteiger charge is -2.10. The van der Waals surface area contributed by atoms with Gasteiger partial charge in [-0.25, -0.2) is 0 Å². The number of carbonyl (C=O) groups excluding carboxylic acids is 2. The third-order valence-corrected chi connectivity index (χ3v) is 2.43. The molecule has 2 aromatic rings. The molecule has 0 radical (unpaired) electrons. The molecular formula is C14H11N3O3. The van der Waals surface area contributed by atoms with Crippen molar-refractivity contribution in [3.05, 3.63) is 48.4 Å². The average molecular weight is 269 g/mol. The molecule has 2 N–H and O–H groups in total. The van der Waals surface area contributed by atoms with Crippen molar-refractivity contribution < 1.29 is 14.0 Å². The standard InChI is InChI=1S/C14H11N3O3/c15-8-7-13(18)16-10-4-1-2-5-11(10)17-14(19)12-6-3-9-20-12/h1-6,9H,7H2,(H,16,18)(H,17,19). The van der Waals surface area contributed by atoms with Gasteiger partial charge in [-0.15, -0.1) is 0 Å². The van der Waals surface area contributed by atoms with Crippen molar-refractivity contribution in [1.82, 2.24) is 0 Å². The van der Waals surface area contributed by atoms with Crippen LogP contribution in [0.3, 0.4) is 0 Å². The van der Waals surface area contributed by atoms with Gasteiger partial charge in [0.05, 0.1) is 23.7 Å². The summed E-state index contributed by atoms with van der Waals surface area (Å²) >= 11 is 0. The van der Waals surface area contributed by atoms with Gasteiger partial charge in [-0.1, -0.05) is 12.1 Å². The number of hydrogen-bond acceptors (Lipinski definition) is 4. The first-order valence-electron chi connectivity index (χ1n) is 5.81. The predicted octanol–water partition coefficient (Wildman–Crippen LogP) is 2.38. The molecule has 1 heterocycles. The Morgan fingerprint density at radius 1 is 1.10 bits per heavy atom. The molecule has 0 saturated carbocycles. The maximum absolute atomic E-state index is 11.9. The van der Waals surface area contributed by atoms with Crippen LogP contribution in [0.25, 0.3) is 0 Å². The van der Waals surface area contributed by atoms with Crippen molar-refractivity contribution in [1.29, 1.82) is 5.26 Å². The van der Waals surface area contributed by atoms with Crippen LogP contribution in [0, 0.1) is 11.3 Å². The Balaban J connectivity index is 2.14. The van der Waals surface area contributed by atoms with Crippen LogP contribution in [-0.4, -0.2) is 11.8 Å². The van der Waals surface area contributed by atoms with E-state index in [0.717, 1.165) is 0 Å². The molecule has 1 aromatic carbocycles. The minimum atomic E-state index is -0.438. The Hall–Kier alpha value is -3.07. The first-order chi connectivity index (χ1) is 9.70. The number of para-hydroxylation sites is 2. The third kappa shape index (κ3) is 3.23. The van der Waals surface area contributed by atoms with E-state index in [4.69, 9.17) is 9.68 Å². The molecule has 0 saturated heterocycles. The molecular weight excluding hydrogens is 258 g/mol. The Bertz CT molecular complexity index is 657. The Morgan fingerprint density at radius 2 is 1.80 bits per heavy atom. The van der Waals surface area contributed by atoms with Gasteiger partial charge in [-0.3, -0.25) is 9.59 Å². The lowest BCUT2D eigenvalue weighted by atomic mass is 10.2. The molecule has 100 valence electrons. The van der Waals surface area contributed by atoms with Crippen molar-refractivity contribution in [2.45, 2.75) is 6.42 Å². The lowest BCUT2D eigenvalue weighted by Crippen LogP contribution is -2.15. The smallest absolute Gasteiger partial charge is 0.291 e. The zero-order valence-electron chi connectivity index (χ0n) is 10.4. The van der Waals surface area contributed by atoms with Crippen LogP contribution in [0.5, 0.6) is 0 Å². The number of furan rings is 1. The highest BCUT2D eigenvalue weighted by Gasteiger charge is 2.12. The highest BCUT2D eigenvalue weighted by Crippen LogP contribution is 2.22. The van der Waals surface area contributed by atoms with Gasteiger partial charge in [0.2, 0.25) is 5.91 Å². The van der Waals surface area contributed by atoms with Crippen LogP contribution in [0.2, 0.25) is 0 Å². The van der Waals surface area contributed by atoms with Gasteiger partial charge >= 0.3 is 0 Å². The number of anilines is 2. The fourth-order valence-electron chi connectivity index (χ4n) is 1.56. The molecule has 2 amide bonds. The Labute approximate surface area is 115 Å². The normalized spacial score (nSPS) is 9.55. The van der Waals surface area contributed by atoms with Crippen LogP contribution >= 0.6 is 0 Å². The van der Waals surface area contributed by atoms with Crippen molar-refractivity contribution in [3.63, 3.8) is 0 Å². The zero-order valence-corrected chi connectivity index (χ0v) is 10.4. The summed E-state index contributed by atoms with van der Waals surface area (Å²) in [7, 11) is 0. The van der Waals surface area contributed by atoms with Crippen LogP contribution in [0.1, 0.15) is 17.0 Å². The van der Waals surface area contributed by atoms with Crippen molar-refractivity contribution in [2.75, 3.05) is 10.6 Å². The van der Waals surface area contributed by atoms with E-state index < -0.39 is 11.8 Å². The summed E-state index contributed by atoms with van der Waals surface area (Å²) < 4.78 is 4.98. The monoisotopic (exact) mass is 269 g/mol. The lowest BCUT2D eigenvalue weighted by molar-refractivity contribution is -0.115. The van der Waals surface area contributed by atoms with Gasteiger partial charge in [-0.05, 0) is 24.3 Å². The number of hydrogen-bond donors (Lipinski definition) is 2. The second-order valence-corrected chi connectivity index (χ2v) is 3.86. The molecule has 6 heteroatoms. The molecule has 0 aliphatic carbocycles. The van der Waals surface area contributed by atoms with E-state index in [1.165, 1.54) is 12.3 Å². The average Bonchev–Trinajstić information content (AvgIpc) is 2.95. The second kappa shape index (κ2) is 6.20. The minimum Gasteiger partial charge on any atom is -0.459 e. The maximum Gasteiger partial charge on any atom is 0.291 e. The summed E-state index contributed by atoms with van der Waals surface area (Å²) in [6, 6.07) is 11.6. The van der Waals surface area contributed by atoms with Crippen LogP contribution in [0.4, 0.5) is 11.4 Å². The highest BCUT2D eigenvalue weighted by atomic mass is 16.3. The van der Waals surface area contributed by atoms with Crippen molar-refractivity contribution in [3.8, 4) is 6.07 Å². The molecule has 1 aromatic heterocycles. The number of nitrogens with zero attached hydrogens (tertiary/aromatic N) is 1. The van der Waals surface area contributed by atoms with E-state index in [1.54, 1.807) is 36.4 Å². The number of nitrogens with one attached hydrogen (secondary N) is 2. The summed E-state index contributed by atoms with van der Waals surface area (Å²) in [6.45, 7) is 0. The fourth-order valence-corrected chi connectivity index (χ4v) is 1.56. The van der Waals surface area contributed by atoms with Gasteiger partial charge in [0.25, 0.3) is 5.91 Å². The quantitative estimate of drug-likeness (QED) is 0.890. The Kier molecular flexibility index (Phi) is 4.14. The van der Waals surface area contributed by atoms with Crippen LogP contribution < -0.4 is 10.6 Å². The number of amides is 2. The molecule has 0 aliphatic heterocycles. The number of nitriles is 1. The zero-order chi connectivity index (χ0) is 14.4. The van der Waals surface area contributed by atoms with Crippen molar-refractivity contribution in [2.24, 2.45) is 0 Å². The molecule has 20 heavy (non-hydrogen) atoms. The second-order valence-electron chi connectivity index (χ2n) is 3.86. The first kappa shape index (κ1) is 13.4. The van der Waals surface area contributed by atoms with Crippen LogP contribution in [-0.2, 0) is 4.79 Å². The molecule has 6 nitrogen and oxygen atoms in total. The maximum atomic E-state index is 11.9. The van der Waals surface area contributed by atoms with E-state index >= 15 is 0 Å². The topological polar surface area (TPSA) is 95.1 Å². The van der Waals surface area contributed by atoms with Gasteiger partial charge in [0.1, 0.15) is 6.42 Å². The molecule has 0 fully saturated rings. The first-order valence-corrected chi connectivity index (χ1v) is 5.81. The SMILES string of the molecule is N#CCC(=O)Nc1ccccc1NC(=O)c1ccco1. The summed E-state index contributed by atoms with van der Waals surface area (Å²) in [5, 5.41) is 13.6. The van der Waals surface area contributed by atoms with Crippen molar-refractivity contribution >= 4 is 23.2 Å². The summed E-state index contributed by atoms with van der Waals surface area (Å²) in [6.07, 6.45) is 1.15. The van der Waals surface area contributed by atoms with Gasteiger partial charge in [0.15, 0.2) is 5.76 Å². The van der Waals surface area contributed by atoms with E-state index in [1.807, 2.05) is 0 Å². The molecule has 0 spiro atoms. The Morgan fingerprint density at radius 3 is 2.40 bits per heavy atom. The van der Waals surface area contributed by atoms with Crippen LogP contribution in [0.15, 0.2) is 47.1 Å². The third-order valence-electron chi connectivity index (χ3n) is 2.43. The molecule has 0 aliphatic rings. The number of carbonyl (C=O) groups is 2. The highest BCUT2D eigenvalue weighted by molar-refractivity contribution is 6.05. The van der Waals surface area contributed by atoms with E-state index in [0.29, 0.717) is 11.4 Å². The fraction of sp³-hybridized carbons (Fsp3) is 0.0714. The largest absolute Gasteiger partial charge is 0.459 e. The van der Waals surface area contributed by atoms with Gasteiger partial charge < -0.3 is 15.1 Å². The number of rotatable bonds is 4. The number of benzene rings is 1. The van der Waals surface area contributed by atoms with E-state index in [-0.39, 0.29) is 12.2 Å². The predicted molar refractivity (Wildman–Crippen MR) is 72.0 cm³/mol. The summed E-state index contributed by atoms with van der Waals surface area (Å²) in [5.41, 5.74) is 0.854. The molecule has 0 bridgehead atoms. The summed E-state index contributed by atoms with van der Waals surface area (Å²) in [5.74, 6) is -0.688. The van der Waals surface area contributed by atoms with E-state index in [9.17, 15) is 9.59 Å². The van der Waals surface area contributed by atoms with Gasteiger partial charge in [0, 0.05) is 0 Å². The molecule has 0 atom stereocenters. The van der Waals surface area contributed by atoms with Gasteiger partial charge in [-0.2, -0.15) is 5.26 Å². The molecule has 0 unspecified atom stereocenters. The summed E-state index contributed by atoms with van der Waals surface area (Å²) in [4.78, 5) is 23.3. The van der Waals surface area contributed by atoms with E-state index in [2.05, 4.69) is 10.6 Å².